The average molecular weight is 383 g/mol. The maximum Gasteiger partial charge on any atom is 0.260 e. The highest BCUT2D eigenvalue weighted by Crippen LogP contribution is 2.35. The average Bonchev–Trinajstić information content (AvgIpc) is 3.00. The molecule has 142 valence electrons. The number of hydrogen-bond donors (Lipinski definition) is 2. The van der Waals surface area contributed by atoms with E-state index in [9.17, 15) is 4.79 Å². The molecule has 1 aliphatic rings. The van der Waals surface area contributed by atoms with Gasteiger partial charge in [-0.15, -0.1) is 11.3 Å². The molecule has 2 aromatic heterocycles. The molecule has 5 heteroatoms. The molecule has 0 spiro atoms. The molecule has 2 N–H and O–H groups in total. The van der Waals surface area contributed by atoms with E-state index in [2.05, 4.69) is 57.1 Å². The standard InChI is InChI=1S/C22H27N3OS/c1-13-9-10-17-18(11-13)27-22-19(17)21(26)23-20(24-22)15(3)25(4)12-16-8-6-5-7-14(16)2/h5-8,13,15H,9-12H2,1-4H3,(H,23,24,26)/p+1/t13-,15-/m1/s1. The first-order chi connectivity index (χ1) is 12.9. The molecule has 1 unspecified atom stereocenters. The highest BCUT2D eigenvalue weighted by Gasteiger charge is 2.25. The van der Waals surface area contributed by atoms with Crippen molar-refractivity contribution in [3.8, 4) is 0 Å². The molecule has 0 radical (unpaired) electrons. The van der Waals surface area contributed by atoms with Gasteiger partial charge < -0.3 is 9.88 Å². The van der Waals surface area contributed by atoms with Crippen molar-refractivity contribution in [3.05, 3.63) is 62.0 Å². The summed E-state index contributed by atoms with van der Waals surface area (Å²) in [5.74, 6) is 1.50. The minimum atomic E-state index is 0.0394. The number of nitrogens with zero attached hydrogens (tertiary/aromatic N) is 1. The van der Waals surface area contributed by atoms with Gasteiger partial charge in [0.2, 0.25) is 0 Å². The monoisotopic (exact) mass is 382 g/mol. The molecule has 0 amide bonds. The van der Waals surface area contributed by atoms with Crippen molar-refractivity contribution in [2.75, 3.05) is 7.05 Å². The molecule has 3 atom stereocenters. The number of benzene rings is 1. The van der Waals surface area contributed by atoms with Crippen LogP contribution in [0.4, 0.5) is 0 Å². The molecule has 0 saturated heterocycles. The maximum atomic E-state index is 12.9. The van der Waals surface area contributed by atoms with Crippen LogP contribution >= 0.6 is 11.3 Å². The number of rotatable bonds is 4. The summed E-state index contributed by atoms with van der Waals surface area (Å²) in [7, 11) is 2.17. The number of H-pyrrole nitrogens is 1. The number of hydrogen-bond acceptors (Lipinski definition) is 3. The lowest BCUT2D eigenvalue weighted by atomic mass is 9.89. The van der Waals surface area contributed by atoms with Crippen LogP contribution in [0.15, 0.2) is 29.1 Å². The van der Waals surface area contributed by atoms with Crippen molar-refractivity contribution in [1.29, 1.82) is 0 Å². The van der Waals surface area contributed by atoms with Gasteiger partial charge in [0.05, 0.1) is 12.4 Å². The van der Waals surface area contributed by atoms with Gasteiger partial charge in [0, 0.05) is 10.4 Å². The predicted molar refractivity (Wildman–Crippen MR) is 112 cm³/mol. The highest BCUT2D eigenvalue weighted by molar-refractivity contribution is 7.18. The molecule has 4 rings (SSSR count). The number of aryl methyl sites for hydroxylation is 2. The topological polar surface area (TPSA) is 50.2 Å². The van der Waals surface area contributed by atoms with Crippen LogP contribution in [-0.2, 0) is 19.4 Å². The highest BCUT2D eigenvalue weighted by atomic mass is 32.1. The van der Waals surface area contributed by atoms with Crippen molar-refractivity contribution in [2.45, 2.75) is 52.6 Å². The summed E-state index contributed by atoms with van der Waals surface area (Å²) < 4.78 is 0. The summed E-state index contributed by atoms with van der Waals surface area (Å²) in [6.45, 7) is 7.50. The zero-order valence-electron chi connectivity index (χ0n) is 16.6. The van der Waals surface area contributed by atoms with Crippen LogP contribution in [0, 0.1) is 12.8 Å². The fourth-order valence-corrected chi connectivity index (χ4v) is 5.46. The van der Waals surface area contributed by atoms with Crippen LogP contribution in [0.25, 0.3) is 10.2 Å². The van der Waals surface area contributed by atoms with E-state index in [4.69, 9.17) is 4.98 Å². The van der Waals surface area contributed by atoms with Crippen molar-refractivity contribution in [1.82, 2.24) is 9.97 Å². The molecular formula is C22H28N3OS+. The van der Waals surface area contributed by atoms with E-state index < -0.39 is 0 Å². The third kappa shape index (κ3) is 3.46. The molecule has 1 aromatic carbocycles. The minimum absolute atomic E-state index is 0.0394. The third-order valence-electron chi connectivity index (χ3n) is 6.06. The molecule has 0 saturated carbocycles. The second-order valence-electron chi connectivity index (χ2n) is 8.15. The van der Waals surface area contributed by atoms with Gasteiger partial charge in [0.15, 0.2) is 5.82 Å². The fraction of sp³-hybridized carbons (Fsp3) is 0.455. The second-order valence-corrected chi connectivity index (χ2v) is 9.24. The number of aromatic amines is 1. The van der Waals surface area contributed by atoms with Gasteiger partial charge in [-0.05, 0) is 50.2 Å². The number of fused-ring (bicyclic) bond motifs is 3. The van der Waals surface area contributed by atoms with Crippen LogP contribution in [-0.4, -0.2) is 17.0 Å². The minimum Gasteiger partial charge on any atom is -0.325 e. The Balaban J connectivity index is 1.65. The van der Waals surface area contributed by atoms with Crippen molar-refractivity contribution in [2.24, 2.45) is 5.92 Å². The Morgan fingerprint density at radius 3 is 2.93 bits per heavy atom. The Hall–Kier alpha value is -1.98. The fourth-order valence-electron chi connectivity index (χ4n) is 4.07. The van der Waals surface area contributed by atoms with E-state index in [1.807, 2.05) is 0 Å². The zero-order valence-corrected chi connectivity index (χ0v) is 17.4. The Morgan fingerprint density at radius 1 is 1.37 bits per heavy atom. The van der Waals surface area contributed by atoms with Crippen molar-refractivity contribution < 1.29 is 4.90 Å². The first kappa shape index (κ1) is 18.4. The molecule has 3 aromatic rings. The third-order valence-corrected chi connectivity index (χ3v) is 7.21. The molecule has 4 nitrogen and oxygen atoms in total. The summed E-state index contributed by atoms with van der Waals surface area (Å²) in [6, 6.07) is 8.61. The summed E-state index contributed by atoms with van der Waals surface area (Å²) in [5, 5.41) is 0.842. The van der Waals surface area contributed by atoms with Crippen LogP contribution in [0.1, 0.15) is 53.7 Å². The Morgan fingerprint density at radius 2 is 2.15 bits per heavy atom. The first-order valence-electron chi connectivity index (χ1n) is 9.85. The van der Waals surface area contributed by atoms with E-state index in [0.717, 1.165) is 35.4 Å². The molecule has 2 heterocycles. The quantitative estimate of drug-likeness (QED) is 0.728. The Bertz CT molecular complexity index is 1040. The normalized spacial score (nSPS) is 19.0. The summed E-state index contributed by atoms with van der Waals surface area (Å²) in [6.07, 6.45) is 3.26. The molecule has 0 bridgehead atoms. The van der Waals surface area contributed by atoms with E-state index in [0.29, 0.717) is 5.92 Å². The summed E-state index contributed by atoms with van der Waals surface area (Å²) >= 11 is 1.73. The number of thiophene rings is 1. The van der Waals surface area contributed by atoms with Crippen LogP contribution < -0.4 is 10.5 Å². The summed E-state index contributed by atoms with van der Waals surface area (Å²) in [4.78, 5) is 24.5. The van der Waals surface area contributed by atoms with Crippen LogP contribution in [0.3, 0.4) is 0 Å². The van der Waals surface area contributed by atoms with E-state index in [-0.39, 0.29) is 11.6 Å². The SMILES string of the molecule is Cc1ccccc1C[NH+](C)[C@H](C)c1nc2sc3c(c2c(=O)[nH]1)CC[C@@H](C)C3. The first-order valence-corrected chi connectivity index (χ1v) is 10.7. The molecule has 27 heavy (non-hydrogen) atoms. The van der Waals surface area contributed by atoms with Gasteiger partial charge >= 0.3 is 0 Å². The van der Waals surface area contributed by atoms with Gasteiger partial charge in [0.25, 0.3) is 5.56 Å². The van der Waals surface area contributed by atoms with Crippen molar-refractivity contribution >= 4 is 21.6 Å². The van der Waals surface area contributed by atoms with Gasteiger partial charge in [-0.3, -0.25) is 4.79 Å². The molecular weight excluding hydrogens is 354 g/mol. The maximum absolute atomic E-state index is 12.9. The van der Waals surface area contributed by atoms with Gasteiger partial charge in [-0.2, -0.15) is 0 Å². The van der Waals surface area contributed by atoms with E-state index in [1.54, 1.807) is 11.3 Å². The predicted octanol–water partition coefficient (Wildman–Crippen LogP) is 3.19. The summed E-state index contributed by atoms with van der Waals surface area (Å²) in [5.41, 5.74) is 3.94. The lowest BCUT2D eigenvalue weighted by Crippen LogP contribution is -3.07. The number of aromatic nitrogens is 2. The molecule has 0 aliphatic heterocycles. The largest absolute Gasteiger partial charge is 0.325 e. The lowest BCUT2D eigenvalue weighted by molar-refractivity contribution is -0.924. The second kappa shape index (κ2) is 7.21. The van der Waals surface area contributed by atoms with Crippen LogP contribution in [0.2, 0.25) is 0 Å². The van der Waals surface area contributed by atoms with E-state index in [1.165, 1.54) is 32.9 Å². The van der Waals surface area contributed by atoms with Crippen LogP contribution in [0.5, 0.6) is 0 Å². The number of nitrogens with one attached hydrogen (secondary N) is 2. The smallest absolute Gasteiger partial charge is 0.260 e. The molecule has 1 aliphatic carbocycles. The van der Waals surface area contributed by atoms with Gasteiger partial charge in [0.1, 0.15) is 17.4 Å². The van der Waals surface area contributed by atoms with Crippen molar-refractivity contribution in [3.63, 3.8) is 0 Å². The zero-order chi connectivity index (χ0) is 19.1. The molecule has 0 fully saturated rings. The lowest BCUT2D eigenvalue weighted by Gasteiger charge is -2.21. The number of quaternary nitrogens is 1. The van der Waals surface area contributed by atoms with E-state index >= 15 is 0 Å². The van der Waals surface area contributed by atoms with Gasteiger partial charge in [-0.1, -0.05) is 31.2 Å². The Labute approximate surface area is 164 Å². The Kier molecular flexibility index (Phi) is 4.91. The van der Waals surface area contributed by atoms with Gasteiger partial charge in [-0.25, -0.2) is 4.98 Å².